The Balaban J connectivity index is 2.07. The SMILES string of the molecule is CN(C(=O)C1CCNC1)c1ccccn1. The first-order valence-corrected chi connectivity index (χ1v) is 5.18. The molecule has 0 spiro atoms. The van der Waals surface area contributed by atoms with Crippen molar-refractivity contribution in [2.45, 2.75) is 6.42 Å². The van der Waals surface area contributed by atoms with E-state index in [9.17, 15) is 4.79 Å². The number of aromatic nitrogens is 1. The van der Waals surface area contributed by atoms with Gasteiger partial charge in [0, 0.05) is 19.8 Å². The van der Waals surface area contributed by atoms with Gasteiger partial charge >= 0.3 is 0 Å². The minimum atomic E-state index is 0.108. The minimum Gasteiger partial charge on any atom is -0.316 e. The van der Waals surface area contributed by atoms with Crippen molar-refractivity contribution in [2.24, 2.45) is 5.92 Å². The summed E-state index contributed by atoms with van der Waals surface area (Å²) in [5.41, 5.74) is 0. The smallest absolute Gasteiger partial charge is 0.232 e. The normalized spacial score (nSPS) is 20.2. The highest BCUT2D eigenvalue weighted by atomic mass is 16.2. The van der Waals surface area contributed by atoms with Crippen molar-refractivity contribution in [1.82, 2.24) is 10.3 Å². The third kappa shape index (κ3) is 2.15. The zero-order chi connectivity index (χ0) is 10.7. The van der Waals surface area contributed by atoms with E-state index < -0.39 is 0 Å². The molecule has 80 valence electrons. The summed E-state index contributed by atoms with van der Waals surface area (Å²) in [6.07, 6.45) is 2.63. The van der Waals surface area contributed by atoms with Gasteiger partial charge in [-0.05, 0) is 25.1 Å². The van der Waals surface area contributed by atoms with Crippen LogP contribution in [0.25, 0.3) is 0 Å². The first-order chi connectivity index (χ1) is 7.29. The number of carbonyl (C=O) groups is 1. The summed E-state index contributed by atoms with van der Waals surface area (Å²) in [6, 6.07) is 5.58. The molecule has 4 nitrogen and oxygen atoms in total. The molecule has 1 unspecified atom stereocenters. The first kappa shape index (κ1) is 10.1. The number of anilines is 1. The topological polar surface area (TPSA) is 45.2 Å². The molecule has 1 aromatic rings. The zero-order valence-corrected chi connectivity index (χ0v) is 8.81. The maximum atomic E-state index is 12.0. The van der Waals surface area contributed by atoms with Gasteiger partial charge in [0.15, 0.2) is 0 Å². The van der Waals surface area contributed by atoms with Crippen LogP contribution in [0.3, 0.4) is 0 Å². The number of hydrogen-bond acceptors (Lipinski definition) is 3. The molecule has 1 N–H and O–H groups in total. The van der Waals surface area contributed by atoms with Crippen LogP contribution >= 0.6 is 0 Å². The largest absolute Gasteiger partial charge is 0.316 e. The van der Waals surface area contributed by atoms with E-state index >= 15 is 0 Å². The Bertz CT molecular complexity index is 333. The van der Waals surface area contributed by atoms with E-state index in [2.05, 4.69) is 10.3 Å². The molecule has 0 saturated carbocycles. The Morgan fingerprint density at radius 3 is 3.07 bits per heavy atom. The molecule has 2 heterocycles. The van der Waals surface area contributed by atoms with Crippen LogP contribution in [0.4, 0.5) is 5.82 Å². The lowest BCUT2D eigenvalue weighted by molar-refractivity contribution is -0.121. The van der Waals surface area contributed by atoms with Crippen LogP contribution in [0, 0.1) is 5.92 Å². The quantitative estimate of drug-likeness (QED) is 0.771. The molecule has 15 heavy (non-hydrogen) atoms. The van der Waals surface area contributed by atoms with Gasteiger partial charge in [-0.1, -0.05) is 6.07 Å². The van der Waals surface area contributed by atoms with E-state index in [-0.39, 0.29) is 11.8 Å². The number of hydrogen-bond donors (Lipinski definition) is 1. The van der Waals surface area contributed by atoms with E-state index in [1.165, 1.54) is 0 Å². The molecular formula is C11H15N3O. The van der Waals surface area contributed by atoms with Gasteiger partial charge in [-0.3, -0.25) is 9.69 Å². The fourth-order valence-electron chi connectivity index (χ4n) is 1.80. The third-order valence-electron chi connectivity index (χ3n) is 2.73. The van der Waals surface area contributed by atoms with Crippen LogP contribution in [0.5, 0.6) is 0 Å². The van der Waals surface area contributed by atoms with E-state index in [0.29, 0.717) is 0 Å². The van der Waals surface area contributed by atoms with Crippen LogP contribution in [0.15, 0.2) is 24.4 Å². The van der Waals surface area contributed by atoms with Gasteiger partial charge in [-0.25, -0.2) is 4.98 Å². The van der Waals surface area contributed by atoms with Gasteiger partial charge < -0.3 is 5.32 Å². The van der Waals surface area contributed by atoms with Crippen LogP contribution in [0.1, 0.15) is 6.42 Å². The van der Waals surface area contributed by atoms with Gasteiger partial charge in [0.05, 0.1) is 5.92 Å². The van der Waals surface area contributed by atoms with E-state index in [4.69, 9.17) is 0 Å². The Morgan fingerprint density at radius 1 is 1.60 bits per heavy atom. The summed E-state index contributed by atoms with van der Waals surface area (Å²) in [5, 5.41) is 3.19. The van der Waals surface area contributed by atoms with E-state index in [1.54, 1.807) is 18.1 Å². The molecule has 1 fully saturated rings. The fourth-order valence-corrected chi connectivity index (χ4v) is 1.80. The van der Waals surface area contributed by atoms with Gasteiger partial charge in [0.25, 0.3) is 0 Å². The molecule has 1 amide bonds. The molecule has 1 saturated heterocycles. The average Bonchev–Trinajstić information content (AvgIpc) is 2.82. The van der Waals surface area contributed by atoms with Crippen LogP contribution in [-0.2, 0) is 4.79 Å². The second-order valence-corrected chi connectivity index (χ2v) is 3.77. The molecule has 1 atom stereocenters. The van der Waals surface area contributed by atoms with Crippen molar-refractivity contribution in [2.75, 3.05) is 25.0 Å². The molecular weight excluding hydrogens is 190 g/mol. The third-order valence-corrected chi connectivity index (χ3v) is 2.73. The van der Waals surface area contributed by atoms with Crippen molar-refractivity contribution in [1.29, 1.82) is 0 Å². The molecule has 1 aliphatic heterocycles. The van der Waals surface area contributed by atoms with Crippen molar-refractivity contribution in [3.8, 4) is 0 Å². The fraction of sp³-hybridized carbons (Fsp3) is 0.455. The summed E-state index contributed by atoms with van der Waals surface area (Å²) < 4.78 is 0. The summed E-state index contributed by atoms with van der Waals surface area (Å²) in [7, 11) is 1.78. The number of pyridine rings is 1. The maximum absolute atomic E-state index is 12.0. The highest BCUT2D eigenvalue weighted by Gasteiger charge is 2.26. The highest BCUT2D eigenvalue weighted by Crippen LogP contribution is 2.15. The Hall–Kier alpha value is -1.42. The van der Waals surface area contributed by atoms with Gasteiger partial charge in [0.2, 0.25) is 5.91 Å². The predicted octanol–water partition coefficient (Wildman–Crippen LogP) is 0.654. The summed E-state index contributed by atoms with van der Waals surface area (Å²) in [5.74, 6) is 0.977. The molecule has 1 aromatic heterocycles. The number of rotatable bonds is 2. The molecule has 4 heteroatoms. The van der Waals surface area contributed by atoms with Gasteiger partial charge in [-0.2, -0.15) is 0 Å². The second-order valence-electron chi connectivity index (χ2n) is 3.77. The molecule has 2 rings (SSSR count). The molecule has 1 aliphatic rings. The lowest BCUT2D eigenvalue weighted by atomic mass is 10.1. The number of amides is 1. The average molecular weight is 205 g/mol. The van der Waals surface area contributed by atoms with Crippen molar-refractivity contribution in [3.63, 3.8) is 0 Å². The van der Waals surface area contributed by atoms with Crippen LogP contribution in [0.2, 0.25) is 0 Å². The Morgan fingerprint density at radius 2 is 2.47 bits per heavy atom. The predicted molar refractivity (Wildman–Crippen MR) is 58.6 cm³/mol. The van der Waals surface area contributed by atoms with Gasteiger partial charge in [0.1, 0.15) is 5.82 Å². The lowest BCUT2D eigenvalue weighted by Gasteiger charge is -2.19. The number of nitrogens with one attached hydrogen (secondary N) is 1. The summed E-state index contributed by atoms with van der Waals surface area (Å²) in [4.78, 5) is 17.8. The molecule has 0 bridgehead atoms. The van der Waals surface area contributed by atoms with Crippen molar-refractivity contribution in [3.05, 3.63) is 24.4 Å². The monoisotopic (exact) mass is 205 g/mol. The lowest BCUT2D eigenvalue weighted by Crippen LogP contribution is -2.34. The van der Waals surface area contributed by atoms with Crippen LogP contribution < -0.4 is 10.2 Å². The van der Waals surface area contributed by atoms with E-state index in [0.717, 1.165) is 25.3 Å². The standard InChI is InChI=1S/C11H15N3O/c1-14(10-4-2-3-6-13-10)11(15)9-5-7-12-8-9/h2-4,6,9,12H,5,7-8H2,1H3. The van der Waals surface area contributed by atoms with Crippen molar-refractivity contribution >= 4 is 11.7 Å². The molecule has 0 radical (unpaired) electrons. The minimum absolute atomic E-state index is 0.108. The van der Waals surface area contributed by atoms with Gasteiger partial charge in [-0.15, -0.1) is 0 Å². The summed E-state index contributed by atoms with van der Waals surface area (Å²) >= 11 is 0. The van der Waals surface area contributed by atoms with Crippen LogP contribution in [-0.4, -0.2) is 31.0 Å². The Kier molecular flexibility index (Phi) is 2.97. The summed E-state index contributed by atoms with van der Waals surface area (Å²) in [6.45, 7) is 1.72. The maximum Gasteiger partial charge on any atom is 0.232 e. The first-order valence-electron chi connectivity index (χ1n) is 5.18. The van der Waals surface area contributed by atoms with Crippen molar-refractivity contribution < 1.29 is 4.79 Å². The zero-order valence-electron chi connectivity index (χ0n) is 8.81. The molecule has 0 aromatic carbocycles. The second kappa shape index (κ2) is 4.40. The number of carbonyl (C=O) groups excluding carboxylic acids is 1. The highest BCUT2D eigenvalue weighted by molar-refractivity contribution is 5.93. The number of nitrogens with zero attached hydrogens (tertiary/aromatic N) is 2. The molecule has 0 aliphatic carbocycles. The Labute approximate surface area is 89.3 Å². The van der Waals surface area contributed by atoms with E-state index in [1.807, 2.05) is 18.2 Å².